The second-order valence-electron chi connectivity index (χ2n) is 4.53. The van der Waals surface area contributed by atoms with Crippen LogP contribution < -0.4 is 10.1 Å². The summed E-state index contributed by atoms with van der Waals surface area (Å²) in [4.78, 5) is 10.8. The first-order valence-electron chi connectivity index (χ1n) is 6.38. The van der Waals surface area contributed by atoms with Crippen molar-refractivity contribution in [3.05, 3.63) is 62.7 Å². The van der Waals surface area contributed by atoms with Gasteiger partial charge in [-0.2, -0.15) is 0 Å². The summed E-state index contributed by atoms with van der Waals surface area (Å²) in [5.41, 5.74) is 1.28. The Labute approximate surface area is 127 Å². The number of hydrogen-bond donors (Lipinski definition) is 1. The van der Waals surface area contributed by atoms with Crippen LogP contribution in [0.3, 0.4) is 0 Å². The topological polar surface area (TPSA) is 64.4 Å². The molecule has 2 rings (SSSR count). The van der Waals surface area contributed by atoms with Crippen molar-refractivity contribution in [2.75, 3.05) is 7.05 Å². The largest absolute Gasteiger partial charge is 0.450 e. The highest BCUT2D eigenvalue weighted by molar-refractivity contribution is 6.31. The lowest BCUT2D eigenvalue weighted by atomic mass is 10.1. The molecule has 0 aromatic heterocycles. The van der Waals surface area contributed by atoms with Crippen LogP contribution in [0.5, 0.6) is 11.5 Å². The average Bonchev–Trinajstić information content (AvgIpc) is 2.42. The fraction of sp³-hybridized carbons (Fsp3) is 0.200. The summed E-state index contributed by atoms with van der Waals surface area (Å²) in [6.45, 7) is 2.19. The number of nitro benzene ring substituents is 1. The zero-order chi connectivity index (χ0) is 15.4. The number of benzene rings is 2. The predicted octanol–water partition coefficient (Wildman–Crippen LogP) is 4.07. The van der Waals surface area contributed by atoms with E-state index in [2.05, 4.69) is 5.32 Å². The predicted molar refractivity (Wildman–Crippen MR) is 82.1 cm³/mol. The fourth-order valence-corrected chi connectivity index (χ4v) is 2.28. The number of halogens is 1. The molecule has 0 saturated carbocycles. The van der Waals surface area contributed by atoms with Crippen molar-refractivity contribution in [1.29, 1.82) is 0 Å². The summed E-state index contributed by atoms with van der Waals surface area (Å²) in [7, 11) is 1.79. The van der Waals surface area contributed by atoms with Gasteiger partial charge in [0.1, 0.15) is 5.75 Å². The molecule has 0 amide bonds. The van der Waals surface area contributed by atoms with Gasteiger partial charge in [-0.1, -0.05) is 29.8 Å². The van der Waals surface area contributed by atoms with Crippen LogP contribution in [0.15, 0.2) is 36.4 Å². The minimum absolute atomic E-state index is 0.0344. The van der Waals surface area contributed by atoms with E-state index in [4.69, 9.17) is 16.3 Å². The molecule has 0 aliphatic heterocycles. The van der Waals surface area contributed by atoms with Gasteiger partial charge in [-0.05, 0) is 32.2 Å². The van der Waals surface area contributed by atoms with Crippen molar-refractivity contribution in [2.24, 2.45) is 0 Å². The Balaban J connectivity index is 2.46. The van der Waals surface area contributed by atoms with Gasteiger partial charge in [0.15, 0.2) is 0 Å². The van der Waals surface area contributed by atoms with Crippen molar-refractivity contribution in [2.45, 2.75) is 13.5 Å². The minimum Gasteiger partial charge on any atom is -0.450 e. The molecule has 0 radical (unpaired) electrons. The standard InChI is InChI=1S/C15H15ClN2O3/c1-10-5-3-8-14(15(10)18(19)20)21-13-7-4-6-12(16)11(13)9-17-2/h3-8,17H,9H2,1-2H3. The zero-order valence-electron chi connectivity index (χ0n) is 11.7. The van der Waals surface area contributed by atoms with Crippen LogP contribution in [-0.2, 0) is 6.54 Å². The molecule has 0 aliphatic rings. The molecule has 0 heterocycles. The molecule has 21 heavy (non-hydrogen) atoms. The summed E-state index contributed by atoms with van der Waals surface area (Å²) < 4.78 is 5.75. The molecule has 6 heteroatoms. The van der Waals surface area contributed by atoms with Crippen LogP contribution in [0, 0.1) is 17.0 Å². The van der Waals surface area contributed by atoms with Gasteiger partial charge in [-0.3, -0.25) is 10.1 Å². The first-order chi connectivity index (χ1) is 10.0. The lowest BCUT2D eigenvalue weighted by Crippen LogP contribution is -2.07. The van der Waals surface area contributed by atoms with E-state index >= 15 is 0 Å². The van der Waals surface area contributed by atoms with E-state index in [1.165, 1.54) is 0 Å². The maximum absolute atomic E-state index is 11.2. The molecule has 0 saturated heterocycles. The van der Waals surface area contributed by atoms with Gasteiger partial charge < -0.3 is 10.1 Å². The van der Waals surface area contributed by atoms with E-state index in [0.717, 1.165) is 5.56 Å². The normalized spacial score (nSPS) is 10.4. The average molecular weight is 307 g/mol. The third-order valence-corrected chi connectivity index (χ3v) is 3.39. The highest BCUT2D eigenvalue weighted by Crippen LogP contribution is 2.36. The molecular formula is C15H15ClN2O3. The van der Waals surface area contributed by atoms with Crippen LogP contribution in [-0.4, -0.2) is 12.0 Å². The number of aryl methyl sites for hydroxylation is 1. The van der Waals surface area contributed by atoms with E-state index in [9.17, 15) is 10.1 Å². The smallest absolute Gasteiger partial charge is 0.314 e. The van der Waals surface area contributed by atoms with Gasteiger partial charge >= 0.3 is 5.69 Å². The van der Waals surface area contributed by atoms with Crippen LogP contribution in [0.2, 0.25) is 5.02 Å². The highest BCUT2D eigenvalue weighted by atomic mass is 35.5. The van der Waals surface area contributed by atoms with Gasteiger partial charge in [0.05, 0.1) is 4.92 Å². The molecule has 0 unspecified atom stereocenters. The van der Waals surface area contributed by atoms with Gasteiger partial charge in [0.25, 0.3) is 0 Å². The van der Waals surface area contributed by atoms with E-state index in [1.807, 2.05) is 0 Å². The first-order valence-corrected chi connectivity index (χ1v) is 6.76. The van der Waals surface area contributed by atoms with E-state index in [1.54, 1.807) is 50.4 Å². The molecule has 0 spiro atoms. The number of nitrogens with one attached hydrogen (secondary N) is 1. The monoisotopic (exact) mass is 306 g/mol. The maximum atomic E-state index is 11.2. The van der Waals surface area contributed by atoms with Crippen LogP contribution >= 0.6 is 11.6 Å². The van der Waals surface area contributed by atoms with E-state index < -0.39 is 4.92 Å². The summed E-state index contributed by atoms with van der Waals surface area (Å²) in [6.07, 6.45) is 0. The Kier molecular flexibility index (Phi) is 4.77. The van der Waals surface area contributed by atoms with Crippen molar-refractivity contribution >= 4 is 17.3 Å². The number of ether oxygens (including phenoxy) is 1. The van der Waals surface area contributed by atoms with Gasteiger partial charge in [-0.25, -0.2) is 0 Å². The minimum atomic E-state index is -0.438. The third kappa shape index (κ3) is 3.32. The SMILES string of the molecule is CNCc1c(Cl)cccc1Oc1cccc(C)c1[N+](=O)[O-]. The molecule has 0 fully saturated rings. The molecule has 0 atom stereocenters. The summed E-state index contributed by atoms with van der Waals surface area (Å²) in [5, 5.41) is 14.8. The molecule has 0 bridgehead atoms. The summed E-state index contributed by atoms with van der Waals surface area (Å²) >= 11 is 6.15. The highest BCUT2D eigenvalue weighted by Gasteiger charge is 2.20. The van der Waals surface area contributed by atoms with Crippen molar-refractivity contribution in [3.8, 4) is 11.5 Å². The fourth-order valence-electron chi connectivity index (χ4n) is 2.05. The lowest BCUT2D eigenvalue weighted by molar-refractivity contribution is -0.386. The maximum Gasteiger partial charge on any atom is 0.314 e. The number of nitrogens with zero attached hydrogens (tertiary/aromatic N) is 1. The summed E-state index contributed by atoms with van der Waals surface area (Å²) in [5.74, 6) is 0.713. The lowest BCUT2D eigenvalue weighted by Gasteiger charge is -2.13. The Morgan fingerprint density at radius 3 is 2.57 bits per heavy atom. The molecule has 110 valence electrons. The Bertz CT molecular complexity index is 674. The van der Waals surface area contributed by atoms with Crippen LogP contribution in [0.4, 0.5) is 5.69 Å². The second-order valence-corrected chi connectivity index (χ2v) is 4.93. The molecule has 2 aromatic carbocycles. The Morgan fingerprint density at radius 1 is 1.24 bits per heavy atom. The molecule has 5 nitrogen and oxygen atoms in total. The molecular weight excluding hydrogens is 292 g/mol. The summed E-state index contributed by atoms with van der Waals surface area (Å²) in [6, 6.07) is 10.2. The molecule has 2 aromatic rings. The van der Waals surface area contributed by atoms with E-state index in [0.29, 0.717) is 22.9 Å². The third-order valence-electron chi connectivity index (χ3n) is 3.03. The van der Waals surface area contributed by atoms with Crippen LogP contribution in [0.1, 0.15) is 11.1 Å². The Hall–Kier alpha value is -2.11. The van der Waals surface area contributed by atoms with Crippen molar-refractivity contribution in [3.63, 3.8) is 0 Å². The Morgan fingerprint density at radius 2 is 1.90 bits per heavy atom. The van der Waals surface area contributed by atoms with Crippen molar-refractivity contribution < 1.29 is 9.66 Å². The molecule has 0 aliphatic carbocycles. The van der Waals surface area contributed by atoms with Crippen LogP contribution in [0.25, 0.3) is 0 Å². The van der Waals surface area contributed by atoms with E-state index in [-0.39, 0.29) is 11.4 Å². The molecule has 1 N–H and O–H groups in total. The number of nitro groups is 1. The van der Waals surface area contributed by atoms with Gasteiger partial charge in [0.2, 0.25) is 5.75 Å². The quantitative estimate of drug-likeness (QED) is 0.668. The van der Waals surface area contributed by atoms with Gasteiger partial charge in [0, 0.05) is 22.7 Å². The van der Waals surface area contributed by atoms with Gasteiger partial charge in [-0.15, -0.1) is 0 Å². The van der Waals surface area contributed by atoms with Crippen molar-refractivity contribution in [1.82, 2.24) is 5.32 Å². The number of rotatable bonds is 5. The number of hydrogen-bond acceptors (Lipinski definition) is 4. The zero-order valence-corrected chi connectivity index (χ0v) is 12.5. The first kappa shape index (κ1) is 15.3. The second kappa shape index (κ2) is 6.56. The number of para-hydroxylation sites is 1.